The first-order valence-corrected chi connectivity index (χ1v) is 13.8. The van der Waals surface area contributed by atoms with Crippen LogP contribution in [0.2, 0.25) is 5.02 Å². The number of aliphatic hydroxyl groups is 1. The molecule has 0 amide bonds. The zero-order valence-electron chi connectivity index (χ0n) is 19.3. The van der Waals surface area contributed by atoms with Crippen LogP contribution >= 0.6 is 22.9 Å². The average Bonchev–Trinajstić information content (AvgIpc) is 3.38. The molecule has 0 bridgehead atoms. The van der Waals surface area contributed by atoms with Crippen LogP contribution in [0, 0.1) is 12.8 Å². The van der Waals surface area contributed by atoms with Crippen LogP contribution in [-0.4, -0.2) is 52.5 Å². The summed E-state index contributed by atoms with van der Waals surface area (Å²) in [6.45, 7) is 1.81. The van der Waals surface area contributed by atoms with Gasteiger partial charge in [0.2, 0.25) is 5.78 Å². The van der Waals surface area contributed by atoms with Crippen LogP contribution in [0.1, 0.15) is 50.1 Å². The molecule has 1 aliphatic carbocycles. The van der Waals surface area contributed by atoms with Crippen LogP contribution in [0.15, 0.2) is 42.9 Å². The predicted octanol–water partition coefficient (Wildman–Crippen LogP) is 2.72. The fourth-order valence-corrected chi connectivity index (χ4v) is 6.03. The van der Waals surface area contributed by atoms with Crippen molar-refractivity contribution < 1.29 is 22.9 Å². The first kappa shape index (κ1) is 26.6. The van der Waals surface area contributed by atoms with Crippen molar-refractivity contribution in [1.82, 2.24) is 14.7 Å². The molecular weight excluding hydrogens is 526 g/mol. The standard InChI is InChI=1S/C23H26ClN5O5S2/c1-12-17(21(25)13-3-2-4-15(24)5-13)8-20(35-12)22(31)18-10-26-11-27-23(18)29-16-6-14(19(30)7-16)9-28-36(32,33)34/h2-5,8,10-11,14,16,19,21,28,30H,6-7,9,25H2,1H3,(H,26,27,29)(H,32,33,34)/t14-,16-,19+,21+/m1/s1. The summed E-state index contributed by atoms with van der Waals surface area (Å²) >= 11 is 7.44. The molecule has 10 nitrogen and oxygen atoms in total. The van der Waals surface area contributed by atoms with Crippen molar-refractivity contribution >= 4 is 44.8 Å². The van der Waals surface area contributed by atoms with E-state index in [0.717, 1.165) is 16.0 Å². The van der Waals surface area contributed by atoms with E-state index in [1.54, 1.807) is 18.2 Å². The zero-order valence-corrected chi connectivity index (χ0v) is 21.6. The van der Waals surface area contributed by atoms with Gasteiger partial charge in [-0.3, -0.25) is 9.35 Å². The third kappa shape index (κ3) is 6.27. The van der Waals surface area contributed by atoms with Crippen LogP contribution in [0.4, 0.5) is 5.82 Å². The molecule has 6 N–H and O–H groups in total. The number of benzene rings is 1. The van der Waals surface area contributed by atoms with Crippen molar-refractivity contribution in [2.75, 3.05) is 11.9 Å². The molecule has 2 heterocycles. The summed E-state index contributed by atoms with van der Waals surface area (Å²) in [7, 11) is -4.35. The molecule has 192 valence electrons. The van der Waals surface area contributed by atoms with E-state index in [9.17, 15) is 18.3 Å². The van der Waals surface area contributed by atoms with Crippen molar-refractivity contribution in [2.45, 2.75) is 38.0 Å². The number of halogens is 1. The number of anilines is 1. The van der Waals surface area contributed by atoms with Crippen LogP contribution in [0.3, 0.4) is 0 Å². The van der Waals surface area contributed by atoms with E-state index >= 15 is 0 Å². The molecule has 1 aromatic carbocycles. The maximum Gasteiger partial charge on any atom is 0.333 e. The molecule has 36 heavy (non-hydrogen) atoms. The van der Waals surface area contributed by atoms with Crippen molar-refractivity contribution in [1.29, 1.82) is 0 Å². The maximum absolute atomic E-state index is 13.4. The number of nitrogens with one attached hydrogen (secondary N) is 2. The Labute approximate surface area is 217 Å². The zero-order chi connectivity index (χ0) is 26.0. The lowest BCUT2D eigenvalue weighted by Gasteiger charge is -2.15. The largest absolute Gasteiger partial charge is 0.393 e. The average molecular weight is 552 g/mol. The third-order valence-electron chi connectivity index (χ3n) is 6.21. The summed E-state index contributed by atoms with van der Waals surface area (Å²) in [6.07, 6.45) is 2.71. The number of aromatic nitrogens is 2. The van der Waals surface area contributed by atoms with E-state index in [4.69, 9.17) is 21.9 Å². The highest BCUT2D eigenvalue weighted by atomic mass is 35.5. The van der Waals surface area contributed by atoms with Crippen molar-refractivity contribution in [3.05, 3.63) is 74.3 Å². The van der Waals surface area contributed by atoms with Gasteiger partial charge in [0.15, 0.2) is 0 Å². The summed E-state index contributed by atoms with van der Waals surface area (Å²) in [5.74, 6) is -0.345. The minimum absolute atomic E-state index is 0.0993. The highest BCUT2D eigenvalue weighted by Gasteiger charge is 2.34. The molecule has 0 saturated heterocycles. The first-order valence-electron chi connectivity index (χ1n) is 11.1. The third-order valence-corrected chi connectivity index (χ3v) is 8.04. The predicted molar refractivity (Wildman–Crippen MR) is 138 cm³/mol. The van der Waals surface area contributed by atoms with Crippen molar-refractivity contribution in [3.8, 4) is 0 Å². The summed E-state index contributed by atoms with van der Waals surface area (Å²) in [4.78, 5) is 23.1. The lowest BCUT2D eigenvalue weighted by molar-refractivity contribution is 0.104. The van der Waals surface area contributed by atoms with Crippen LogP contribution in [0.5, 0.6) is 0 Å². The Balaban J connectivity index is 1.51. The molecule has 2 aromatic heterocycles. The molecule has 0 unspecified atom stereocenters. The summed E-state index contributed by atoms with van der Waals surface area (Å²) in [5, 5.41) is 14.1. The Morgan fingerprint density at radius 1 is 1.33 bits per heavy atom. The van der Waals surface area contributed by atoms with Gasteiger partial charge in [-0.1, -0.05) is 23.7 Å². The molecule has 1 aliphatic rings. The number of carbonyl (C=O) groups excluding carboxylic acids is 1. The van der Waals surface area contributed by atoms with Crippen molar-refractivity contribution in [2.24, 2.45) is 11.7 Å². The van der Waals surface area contributed by atoms with E-state index in [1.807, 2.05) is 23.8 Å². The lowest BCUT2D eigenvalue weighted by atomic mass is 9.99. The van der Waals surface area contributed by atoms with Gasteiger partial charge >= 0.3 is 10.3 Å². The number of thiophene rings is 1. The molecule has 4 atom stereocenters. The molecule has 13 heteroatoms. The molecule has 1 fully saturated rings. The number of nitrogens with zero attached hydrogens (tertiary/aromatic N) is 2. The Kier molecular flexibility index (Phi) is 8.05. The van der Waals surface area contributed by atoms with E-state index in [1.165, 1.54) is 23.9 Å². The van der Waals surface area contributed by atoms with Gasteiger partial charge in [-0.25, -0.2) is 9.97 Å². The Bertz CT molecular complexity index is 1370. The van der Waals surface area contributed by atoms with Crippen LogP contribution < -0.4 is 15.8 Å². The maximum atomic E-state index is 13.4. The van der Waals surface area contributed by atoms with E-state index in [0.29, 0.717) is 28.6 Å². The van der Waals surface area contributed by atoms with Gasteiger partial charge in [-0.05, 0) is 49.1 Å². The number of hydrogen-bond acceptors (Lipinski definition) is 9. The molecule has 0 spiro atoms. The normalized spacial score (nSPS) is 20.9. The van der Waals surface area contributed by atoms with E-state index in [2.05, 4.69) is 15.3 Å². The molecule has 0 radical (unpaired) electrons. The Morgan fingerprint density at radius 3 is 2.83 bits per heavy atom. The molecule has 3 aromatic rings. The lowest BCUT2D eigenvalue weighted by Crippen LogP contribution is -2.32. The number of nitrogens with two attached hydrogens (primary N) is 1. The fourth-order valence-electron chi connectivity index (χ4n) is 4.39. The van der Waals surface area contributed by atoms with Crippen molar-refractivity contribution in [3.63, 3.8) is 0 Å². The first-order chi connectivity index (χ1) is 17.0. The number of rotatable bonds is 9. The fraction of sp³-hybridized carbons (Fsp3) is 0.348. The van der Waals surface area contributed by atoms with Gasteiger partial charge in [0.1, 0.15) is 12.1 Å². The van der Waals surface area contributed by atoms with Gasteiger partial charge in [-0.2, -0.15) is 13.1 Å². The highest BCUT2D eigenvalue weighted by Crippen LogP contribution is 2.33. The summed E-state index contributed by atoms with van der Waals surface area (Å²) < 4.78 is 32.8. The molecule has 1 saturated carbocycles. The Morgan fingerprint density at radius 2 is 2.11 bits per heavy atom. The summed E-state index contributed by atoms with van der Waals surface area (Å²) in [6, 6.07) is 8.36. The monoisotopic (exact) mass is 551 g/mol. The topological polar surface area (TPSA) is 168 Å². The minimum atomic E-state index is -4.35. The minimum Gasteiger partial charge on any atom is -0.393 e. The number of aliphatic hydroxyl groups excluding tert-OH is 1. The highest BCUT2D eigenvalue weighted by molar-refractivity contribution is 7.83. The Hall–Kier alpha value is -2.45. The number of carbonyl (C=O) groups is 1. The second-order valence-corrected chi connectivity index (χ2v) is 11.7. The SMILES string of the molecule is Cc1sc(C(=O)c2cncnc2N[C@@H]2C[C@H](CNS(=O)(=O)O)[C@@H](O)C2)cc1[C@@H](N)c1cccc(Cl)c1. The van der Waals surface area contributed by atoms with E-state index in [-0.39, 0.29) is 23.9 Å². The number of hydrogen-bond donors (Lipinski definition) is 5. The van der Waals surface area contributed by atoms with Gasteiger partial charge in [0.25, 0.3) is 0 Å². The second kappa shape index (κ2) is 10.9. The van der Waals surface area contributed by atoms with Gasteiger partial charge in [-0.15, -0.1) is 11.3 Å². The van der Waals surface area contributed by atoms with Gasteiger partial charge in [0, 0.05) is 34.6 Å². The van der Waals surface area contributed by atoms with Gasteiger partial charge in [0.05, 0.1) is 22.6 Å². The molecular formula is C23H26ClN5O5S2. The van der Waals surface area contributed by atoms with E-state index < -0.39 is 28.4 Å². The second-order valence-electron chi connectivity index (χ2n) is 8.73. The smallest absolute Gasteiger partial charge is 0.333 e. The van der Waals surface area contributed by atoms with Crippen LogP contribution in [0.25, 0.3) is 0 Å². The molecule has 4 rings (SSSR count). The number of ketones is 1. The molecule has 0 aliphatic heterocycles. The summed E-state index contributed by atoms with van der Waals surface area (Å²) in [5.41, 5.74) is 8.41. The van der Waals surface area contributed by atoms with Gasteiger partial charge < -0.3 is 16.2 Å². The number of aryl methyl sites for hydroxylation is 1. The quantitative estimate of drug-likeness (QED) is 0.198. The van der Waals surface area contributed by atoms with Crippen LogP contribution in [-0.2, 0) is 10.3 Å².